The van der Waals surface area contributed by atoms with Crippen LogP contribution in [0, 0.1) is 0 Å². The Morgan fingerprint density at radius 2 is 2.00 bits per heavy atom. The molecule has 0 atom stereocenters. The van der Waals surface area contributed by atoms with Crippen molar-refractivity contribution in [1.82, 2.24) is 4.98 Å². The van der Waals surface area contributed by atoms with Gasteiger partial charge in [-0.25, -0.2) is 4.98 Å². The van der Waals surface area contributed by atoms with Gasteiger partial charge in [-0.15, -0.1) is 11.3 Å². The molecule has 1 heterocycles. The average molecular weight is 362 g/mol. The molecule has 3 aromatic rings. The number of hydrogen-bond acceptors (Lipinski definition) is 3. The summed E-state index contributed by atoms with van der Waals surface area (Å²) in [5, 5.41) is 5.60. The number of nitrogens with zero attached hydrogens (tertiary/aromatic N) is 1. The van der Waals surface area contributed by atoms with Gasteiger partial charge in [0.1, 0.15) is 12.4 Å². The van der Waals surface area contributed by atoms with Crippen molar-refractivity contribution in [2.24, 2.45) is 0 Å². The summed E-state index contributed by atoms with van der Waals surface area (Å²) in [7, 11) is 0. The van der Waals surface area contributed by atoms with E-state index in [2.05, 4.69) is 58.3 Å². The fourth-order valence-electron chi connectivity index (χ4n) is 2.13. The third kappa shape index (κ3) is 3.11. The Bertz CT molecular complexity index is 766. The molecule has 4 heteroatoms. The zero-order valence-electron chi connectivity index (χ0n) is 12.0. The number of fused-ring (bicyclic) bond motifs is 1. The molecule has 0 saturated heterocycles. The number of ether oxygens (including phenoxy) is 1. The van der Waals surface area contributed by atoms with Crippen molar-refractivity contribution in [2.45, 2.75) is 26.4 Å². The lowest BCUT2D eigenvalue weighted by Crippen LogP contribution is -1.97. The third-order valence-corrected chi connectivity index (χ3v) is 5.28. The van der Waals surface area contributed by atoms with Gasteiger partial charge in [0, 0.05) is 11.3 Å². The van der Waals surface area contributed by atoms with Gasteiger partial charge in [0.2, 0.25) is 0 Å². The molecule has 0 amide bonds. The summed E-state index contributed by atoms with van der Waals surface area (Å²) in [4.78, 5) is 4.60. The van der Waals surface area contributed by atoms with Crippen LogP contribution >= 0.6 is 27.3 Å². The van der Waals surface area contributed by atoms with E-state index in [1.807, 2.05) is 18.2 Å². The van der Waals surface area contributed by atoms with Gasteiger partial charge in [0.25, 0.3) is 0 Å². The monoisotopic (exact) mass is 361 g/mol. The van der Waals surface area contributed by atoms with Crippen LogP contribution in [-0.4, -0.2) is 4.98 Å². The van der Waals surface area contributed by atoms with Gasteiger partial charge < -0.3 is 4.74 Å². The summed E-state index contributed by atoms with van der Waals surface area (Å²) in [5.74, 6) is 1.32. The van der Waals surface area contributed by atoms with Crippen molar-refractivity contribution >= 4 is 38.0 Å². The minimum Gasteiger partial charge on any atom is -0.486 e. The summed E-state index contributed by atoms with van der Waals surface area (Å²) < 4.78 is 6.92. The summed E-state index contributed by atoms with van der Waals surface area (Å²) in [6.07, 6.45) is 0. The molecule has 0 bridgehead atoms. The topological polar surface area (TPSA) is 22.1 Å². The van der Waals surface area contributed by atoms with Crippen molar-refractivity contribution in [2.75, 3.05) is 0 Å². The Kier molecular flexibility index (Phi) is 4.27. The molecule has 108 valence electrons. The van der Waals surface area contributed by atoms with Gasteiger partial charge in [-0.1, -0.05) is 44.2 Å². The van der Waals surface area contributed by atoms with Gasteiger partial charge >= 0.3 is 0 Å². The first-order valence-corrected chi connectivity index (χ1v) is 8.57. The Hall–Kier alpha value is -1.39. The maximum absolute atomic E-state index is 5.92. The lowest BCUT2D eigenvalue weighted by atomic mass is 10.1. The predicted octanol–water partition coefficient (Wildman–Crippen LogP) is 5.76. The molecular weight excluding hydrogens is 346 g/mol. The minimum absolute atomic E-state index is 0.469. The Morgan fingerprint density at radius 1 is 1.19 bits per heavy atom. The molecule has 2 aromatic carbocycles. The first kappa shape index (κ1) is 14.5. The largest absolute Gasteiger partial charge is 0.486 e. The highest BCUT2D eigenvalue weighted by molar-refractivity contribution is 9.10. The van der Waals surface area contributed by atoms with Crippen LogP contribution in [0.25, 0.3) is 10.8 Å². The predicted molar refractivity (Wildman–Crippen MR) is 92.2 cm³/mol. The summed E-state index contributed by atoms with van der Waals surface area (Å²) in [6.45, 7) is 4.81. The second kappa shape index (κ2) is 6.16. The highest BCUT2D eigenvalue weighted by atomic mass is 79.9. The standard InChI is InChI=1S/C17H16BrNOS/c1-11(2)17-19-13(10-21-17)9-20-15-8-7-12-5-3-4-6-14(12)16(15)18/h3-8,10-11H,9H2,1-2H3. The van der Waals surface area contributed by atoms with Crippen molar-refractivity contribution in [3.8, 4) is 5.75 Å². The Labute approximate surface area is 136 Å². The molecular formula is C17H16BrNOS. The molecule has 1 aromatic heterocycles. The van der Waals surface area contributed by atoms with E-state index >= 15 is 0 Å². The van der Waals surface area contributed by atoms with Crippen LogP contribution in [-0.2, 0) is 6.61 Å². The van der Waals surface area contributed by atoms with Crippen molar-refractivity contribution in [1.29, 1.82) is 0 Å². The smallest absolute Gasteiger partial charge is 0.134 e. The van der Waals surface area contributed by atoms with E-state index in [0.29, 0.717) is 12.5 Å². The first-order valence-electron chi connectivity index (χ1n) is 6.89. The van der Waals surface area contributed by atoms with E-state index in [1.165, 1.54) is 5.39 Å². The minimum atomic E-state index is 0.469. The van der Waals surface area contributed by atoms with Gasteiger partial charge in [0.05, 0.1) is 15.2 Å². The lowest BCUT2D eigenvalue weighted by Gasteiger charge is -2.09. The van der Waals surface area contributed by atoms with Gasteiger partial charge in [-0.2, -0.15) is 0 Å². The van der Waals surface area contributed by atoms with Gasteiger partial charge in [-0.05, 0) is 32.8 Å². The summed E-state index contributed by atoms with van der Waals surface area (Å²) in [6, 6.07) is 12.3. The fraction of sp³-hybridized carbons (Fsp3) is 0.235. The number of thiazole rings is 1. The zero-order chi connectivity index (χ0) is 14.8. The first-order chi connectivity index (χ1) is 10.1. The summed E-state index contributed by atoms with van der Waals surface area (Å²) >= 11 is 5.34. The van der Waals surface area contributed by atoms with E-state index < -0.39 is 0 Å². The molecule has 0 saturated carbocycles. The molecule has 0 aliphatic rings. The van der Waals surface area contributed by atoms with Crippen LogP contribution in [0.5, 0.6) is 5.75 Å². The molecule has 0 fully saturated rings. The van der Waals surface area contributed by atoms with Crippen LogP contribution in [0.3, 0.4) is 0 Å². The molecule has 3 rings (SSSR count). The zero-order valence-corrected chi connectivity index (χ0v) is 14.4. The van der Waals surface area contributed by atoms with Gasteiger partial charge in [-0.3, -0.25) is 0 Å². The Balaban J connectivity index is 1.80. The number of rotatable bonds is 4. The molecule has 0 aliphatic carbocycles. The molecule has 0 unspecified atom stereocenters. The highest BCUT2D eigenvalue weighted by Gasteiger charge is 2.09. The third-order valence-electron chi connectivity index (χ3n) is 3.27. The highest BCUT2D eigenvalue weighted by Crippen LogP contribution is 2.33. The average Bonchev–Trinajstić information content (AvgIpc) is 2.96. The number of aromatic nitrogens is 1. The maximum atomic E-state index is 5.92. The van der Waals surface area contributed by atoms with Crippen LogP contribution < -0.4 is 4.74 Å². The van der Waals surface area contributed by atoms with Gasteiger partial charge in [0.15, 0.2) is 0 Å². The number of halogens is 1. The van der Waals surface area contributed by atoms with Crippen molar-refractivity contribution < 1.29 is 4.74 Å². The fourth-order valence-corrected chi connectivity index (χ4v) is 3.56. The molecule has 0 spiro atoms. The van der Waals surface area contributed by atoms with E-state index in [9.17, 15) is 0 Å². The lowest BCUT2D eigenvalue weighted by molar-refractivity contribution is 0.300. The van der Waals surface area contributed by atoms with E-state index in [1.54, 1.807) is 11.3 Å². The van der Waals surface area contributed by atoms with Crippen molar-refractivity contribution in [3.05, 3.63) is 57.0 Å². The van der Waals surface area contributed by atoms with Crippen LogP contribution in [0.2, 0.25) is 0 Å². The second-order valence-corrected chi connectivity index (χ2v) is 6.90. The molecule has 21 heavy (non-hydrogen) atoms. The molecule has 2 nitrogen and oxygen atoms in total. The maximum Gasteiger partial charge on any atom is 0.134 e. The second-order valence-electron chi connectivity index (χ2n) is 5.22. The number of hydrogen-bond donors (Lipinski definition) is 0. The number of benzene rings is 2. The van der Waals surface area contributed by atoms with E-state index in [0.717, 1.165) is 26.3 Å². The van der Waals surface area contributed by atoms with E-state index in [4.69, 9.17) is 4.74 Å². The van der Waals surface area contributed by atoms with Crippen LogP contribution in [0.1, 0.15) is 30.5 Å². The Morgan fingerprint density at radius 3 is 2.76 bits per heavy atom. The van der Waals surface area contributed by atoms with E-state index in [-0.39, 0.29) is 0 Å². The van der Waals surface area contributed by atoms with Crippen molar-refractivity contribution in [3.63, 3.8) is 0 Å². The molecule has 0 N–H and O–H groups in total. The molecule has 0 radical (unpaired) electrons. The quantitative estimate of drug-likeness (QED) is 0.589. The SMILES string of the molecule is CC(C)c1nc(COc2ccc3ccccc3c2Br)cs1. The van der Waals surface area contributed by atoms with Crippen LogP contribution in [0.15, 0.2) is 46.3 Å². The van der Waals surface area contributed by atoms with Crippen LogP contribution in [0.4, 0.5) is 0 Å². The molecule has 0 aliphatic heterocycles. The normalized spacial score (nSPS) is 11.2. The summed E-state index contributed by atoms with van der Waals surface area (Å²) in [5.41, 5.74) is 0.990.